The lowest BCUT2D eigenvalue weighted by atomic mass is 10.1. The van der Waals surface area contributed by atoms with E-state index in [9.17, 15) is 5.11 Å². The minimum absolute atomic E-state index is 0.232. The van der Waals surface area contributed by atoms with Crippen molar-refractivity contribution in [2.24, 2.45) is 0 Å². The molecule has 0 saturated carbocycles. The number of phenolic OH excluding ortho intramolecular Hbond substituents is 1. The normalized spacial score (nSPS) is 10.1. The molecule has 0 aliphatic carbocycles. The third-order valence-electron chi connectivity index (χ3n) is 2.47. The Labute approximate surface area is 99.9 Å². The molecule has 0 spiro atoms. The predicted molar refractivity (Wildman–Crippen MR) is 70.7 cm³/mol. The van der Waals surface area contributed by atoms with Crippen LogP contribution in [-0.2, 0) is 6.54 Å². The van der Waals surface area contributed by atoms with Gasteiger partial charge in [0, 0.05) is 29.2 Å². The molecule has 17 heavy (non-hydrogen) atoms. The van der Waals surface area contributed by atoms with E-state index in [4.69, 9.17) is 11.5 Å². The number of rotatable bonds is 3. The van der Waals surface area contributed by atoms with Gasteiger partial charge in [-0.25, -0.2) is 0 Å². The van der Waals surface area contributed by atoms with Crippen LogP contribution >= 0.6 is 0 Å². The first-order valence-corrected chi connectivity index (χ1v) is 5.32. The monoisotopic (exact) mass is 229 g/mol. The highest BCUT2D eigenvalue weighted by Gasteiger charge is 2.01. The Morgan fingerprint density at radius 2 is 1.76 bits per heavy atom. The average molecular weight is 229 g/mol. The number of nitrogens with one attached hydrogen (secondary N) is 1. The van der Waals surface area contributed by atoms with E-state index in [1.807, 2.05) is 24.3 Å². The summed E-state index contributed by atoms with van der Waals surface area (Å²) in [4.78, 5) is 0. The molecular weight excluding hydrogens is 214 g/mol. The van der Waals surface area contributed by atoms with Crippen molar-refractivity contribution < 1.29 is 5.11 Å². The van der Waals surface area contributed by atoms with Crippen LogP contribution < -0.4 is 16.8 Å². The highest BCUT2D eigenvalue weighted by atomic mass is 16.3. The molecule has 0 heterocycles. The summed E-state index contributed by atoms with van der Waals surface area (Å²) in [5.41, 5.74) is 14.3. The summed E-state index contributed by atoms with van der Waals surface area (Å²) in [5.74, 6) is 0.232. The second-order valence-electron chi connectivity index (χ2n) is 3.87. The minimum atomic E-state index is 0.232. The van der Waals surface area contributed by atoms with Crippen molar-refractivity contribution >= 4 is 17.1 Å². The first-order chi connectivity index (χ1) is 8.15. The van der Waals surface area contributed by atoms with E-state index in [-0.39, 0.29) is 5.75 Å². The van der Waals surface area contributed by atoms with Crippen molar-refractivity contribution in [2.45, 2.75) is 6.54 Å². The lowest BCUT2D eigenvalue weighted by Gasteiger charge is -2.09. The highest BCUT2D eigenvalue weighted by molar-refractivity contribution is 5.55. The summed E-state index contributed by atoms with van der Waals surface area (Å²) < 4.78 is 0. The van der Waals surface area contributed by atoms with Gasteiger partial charge in [-0.2, -0.15) is 0 Å². The van der Waals surface area contributed by atoms with Crippen LogP contribution in [0.5, 0.6) is 5.75 Å². The summed E-state index contributed by atoms with van der Waals surface area (Å²) >= 11 is 0. The van der Waals surface area contributed by atoms with E-state index in [1.165, 1.54) is 0 Å². The van der Waals surface area contributed by atoms with Crippen molar-refractivity contribution in [1.82, 2.24) is 0 Å². The van der Waals surface area contributed by atoms with Crippen LogP contribution in [0.15, 0.2) is 42.5 Å². The van der Waals surface area contributed by atoms with Crippen LogP contribution in [0.2, 0.25) is 0 Å². The predicted octanol–water partition coefficient (Wildman–Crippen LogP) is 2.17. The van der Waals surface area contributed by atoms with Gasteiger partial charge in [0.25, 0.3) is 0 Å². The first kappa shape index (κ1) is 11.1. The second-order valence-corrected chi connectivity index (χ2v) is 3.87. The fraction of sp³-hybridized carbons (Fsp3) is 0.0769. The maximum absolute atomic E-state index is 9.65. The quantitative estimate of drug-likeness (QED) is 0.480. The van der Waals surface area contributed by atoms with Crippen molar-refractivity contribution in [1.29, 1.82) is 0 Å². The molecule has 2 rings (SSSR count). The van der Waals surface area contributed by atoms with Crippen molar-refractivity contribution in [3.05, 3.63) is 48.0 Å². The molecule has 4 heteroatoms. The van der Waals surface area contributed by atoms with Crippen LogP contribution in [0, 0.1) is 0 Å². The van der Waals surface area contributed by atoms with Gasteiger partial charge in [0.2, 0.25) is 0 Å². The Hall–Kier alpha value is -2.36. The van der Waals surface area contributed by atoms with E-state index in [1.54, 1.807) is 18.2 Å². The number of phenols is 1. The lowest BCUT2D eigenvalue weighted by Crippen LogP contribution is -2.01. The van der Waals surface area contributed by atoms with Crippen molar-refractivity contribution in [3.63, 3.8) is 0 Å². The summed E-state index contributed by atoms with van der Waals surface area (Å²) in [7, 11) is 0. The zero-order chi connectivity index (χ0) is 12.3. The average Bonchev–Trinajstić information content (AvgIpc) is 2.30. The zero-order valence-electron chi connectivity index (χ0n) is 9.35. The van der Waals surface area contributed by atoms with Gasteiger partial charge in [-0.15, -0.1) is 0 Å². The van der Waals surface area contributed by atoms with Gasteiger partial charge in [-0.1, -0.05) is 6.07 Å². The summed E-state index contributed by atoms with van der Waals surface area (Å²) in [6.45, 7) is 0.500. The van der Waals surface area contributed by atoms with Gasteiger partial charge < -0.3 is 21.9 Å². The SMILES string of the molecule is Nc1cccc(NCc2cc(N)ccc2O)c1. The Kier molecular flexibility index (Phi) is 3.05. The van der Waals surface area contributed by atoms with Crippen molar-refractivity contribution in [2.75, 3.05) is 16.8 Å². The Morgan fingerprint density at radius 1 is 1.00 bits per heavy atom. The number of nitrogens with two attached hydrogens (primary N) is 2. The molecule has 2 aromatic rings. The second kappa shape index (κ2) is 4.65. The van der Waals surface area contributed by atoms with Crippen LogP contribution in [0.1, 0.15) is 5.56 Å². The molecule has 88 valence electrons. The number of hydrogen-bond donors (Lipinski definition) is 4. The maximum Gasteiger partial charge on any atom is 0.120 e. The van der Waals surface area contributed by atoms with Crippen LogP contribution in [0.25, 0.3) is 0 Å². The van der Waals surface area contributed by atoms with Crippen LogP contribution in [-0.4, -0.2) is 5.11 Å². The summed E-state index contributed by atoms with van der Waals surface area (Å²) in [6, 6.07) is 12.4. The molecular formula is C13H15N3O. The molecule has 4 nitrogen and oxygen atoms in total. The van der Waals surface area contributed by atoms with E-state index < -0.39 is 0 Å². The maximum atomic E-state index is 9.65. The molecule has 2 aromatic carbocycles. The Bertz CT molecular complexity index is 526. The molecule has 0 aliphatic rings. The third-order valence-corrected chi connectivity index (χ3v) is 2.47. The largest absolute Gasteiger partial charge is 0.508 e. The number of anilines is 3. The molecule has 0 aliphatic heterocycles. The molecule has 0 saturated heterocycles. The Balaban J connectivity index is 2.09. The first-order valence-electron chi connectivity index (χ1n) is 5.32. The van der Waals surface area contributed by atoms with Gasteiger partial charge in [0.15, 0.2) is 0 Å². The van der Waals surface area contributed by atoms with Gasteiger partial charge in [0.1, 0.15) is 5.75 Å². The molecule has 6 N–H and O–H groups in total. The summed E-state index contributed by atoms with van der Waals surface area (Å²) in [6.07, 6.45) is 0. The van der Waals surface area contributed by atoms with Crippen LogP contribution in [0.4, 0.5) is 17.1 Å². The Morgan fingerprint density at radius 3 is 2.53 bits per heavy atom. The van der Waals surface area contributed by atoms with Gasteiger partial charge in [0.05, 0.1) is 0 Å². The molecule has 0 atom stereocenters. The van der Waals surface area contributed by atoms with Gasteiger partial charge in [-0.05, 0) is 36.4 Å². The van der Waals surface area contributed by atoms with Crippen LogP contribution in [0.3, 0.4) is 0 Å². The molecule has 0 fully saturated rings. The molecule has 0 unspecified atom stereocenters. The zero-order valence-corrected chi connectivity index (χ0v) is 9.35. The highest BCUT2D eigenvalue weighted by Crippen LogP contribution is 2.21. The molecule has 0 amide bonds. The fourth-order valence-electron chi connectivity index (χ4n) is 1.59. The number of hydrogen-bond acceptors (Lipinski definition) is 4. The number of nitrogen functional groups attached to an aromatic ring is 2. The van der Waals surface area contributed by atoms with E-state index in [0.29, 0.717) is 17.9 Å². The molecule has 0 aromatic heterocycles. The third kappa shape index (κ3) is 2.81. The minimum Gasteiger partial charge on any atom is -0.508 e. The number of aromatic hydroxyl groups is 1. The van der Waals surface area contributed by atoms with E-state index in [0.717, 1.165) is 11.3 Å². The lowest BCUT2D eigenvalue weighted by molar-refractivity contribution is 0.469. The molecule has 0 radical (unpaired) electrons. The molecule has 0 bridgehead atoms. The van der Waals surface area contributed by atoms with Gasteiger partial charge >= 0.3 is 0 Å². The van der Waals surface area contributed by atoms with E-state index >= 15 is 0 Å². The van der Waals surface area contributed by atoms with E-state index in [2.05, 4.69) is 5.32 Å². The van der Waals surface area contributed by atoms with Gasteiger partial charge in [-0.3, -0.25) is 0 Å². The van der Waals surface area contributed by atoms with Crippen molar-refractivity contribution in [3.8, 4) is 5.75 Å². The standard InChI is InChI=1S/C13H15N3O/c14-10-2-1-3-12(7-10)16-8-9-6-11(15)4-5-13(9)17/h1-7,16-17H,8,14-15H2. The topological polar surface area (TPSA) is 84.3 Å². The number of benzene rings is 2. The smallest absolute Gasteiger partial charge is 0.120 e. The fourth-order valence-corrected chi connectivity index (χ4v) is 1.59. The summed E-state index contributed by atoms with van der Waals surface area (Å²) in [5, 5.41) is 12.8.